The van der Waals surface area contributed by atoms with Crippen molar-refractivity contribution in [1.29, 1.82) is 0 Å². The lowest BCUT2D eigenvalue weighted by Gasteiger charge is -2.41. The molecular weight excluding hydrogens is 400 g/mol. The van der Waals surface area contributed by atoms with Gasteiger partial charge in [0, 0.05) is 23.5 Å². The maximum atomic E-state index is 12.9. The van der Waals surface area contributed by atoms with Crippen LogP contribution >= 0.6 is 15.9 Å². The van der Waals surface area contributed by atoms with E-state index in [1.807, 2.05) is 0 Å². The summed E-state index contributed by atoms with van der Waals surface area (Å²) in [5.41, 5.74) is 1.00. The van der Waals surface area contributed by atoms with E-state index in [9.17, 15) is 14.4 Å². The number of benzene rings is 1. The number of nitrogens with one attached hydrogen (secondary N) is 2. The summed E-state index contributed by atoms with van der Waals surface area (Å²) in [6.07, 6.45) is 1.66. The van der Waals surface area contributed by atoms with E-state index in [0.717, 1.165) is 30.4 Å². The fourth-order valence-electron chi connectivity index (χ4n) is 3.95. The molecule has 0 aromatic heterocycles. The molecule has 1 atom stereocenters. The molecule has 0 saturated carbocycles. The van der Waals surface area contributed by atoms with Gasteiger partial charge < -0.3 is 20.4 Å². The number of carbonyl (C=O) groups is 3. The van der Waals surface area contributed by atoms with Crippen molar-refractivity contribution < 1.29 is 14.4 Å². The standard InChI is InChI=1S/C18H21BrN4O3/c19-12-1-2-14-13(9-12)18(26)23-8-7-22(10-15(23)16(24)21-14)17(25)11-3-5-20-6-4-11/h1-2,9,11,15,20H,3-8,10H2,(H,21,24)/t15-/m1/s1. The molecule has 26 heavy (non-hydrogen) atoms. The molecule has 2 fully saturated rings. The molecule has 138 valence electrons. The van der Waals surface area contributed by atoms with Crippen LogP contribution < -0.4 is 10.6 Å². The maximum absolute atomic E-state index is 12.9. The number of hydrogen-bond donors (Lipinski definition) is 2. The zero-order valence-electron chi connectivity index (χ0n) is 14.3. The first-order chi connectivity index (χ1) is 12.5. The summed E-state index contributed by atoms with van der Waals surface area (Å²) in [4.78, 5) is 41.8. The molecular formula is C18H21BrN4O3. The number of hydrogen-bond acceptors (Lipinski definition) is 4. The van der Waals surface area contributed by atoms with E-state index in [0.29, 0.717) is 24.3 Å². The number of rotatable bonds is 1. The van der Waals surface area contributed by atoms with Crippen LogP contribution in [0, 0.1) is 5.92 Å². The molecule has 0 unspecified atom stereocenters. The molecule has 4 rings (SSSR count). The van der Waals surface area contributed by atoms with Crippen molar-refractivity contribution in [3.05, 3.63) is 28.2 Å². The van der Waals surface area contributed by atoms with Crippen LogP contribution in [0.2, 0.25) is 0 Å². The lowest BCUT2D eigenvalue weighted by Crippen LogP contribution is -2.60. The van der Waals surface area contributed by atoms with Gasteiger partial charge >= 0.3 is 0 Å². The monoisotopic (exact) mass is 420 g/mol. The number of piperidine rings is 1. The lowest BCUT2D eigenvalue weighted by atomic mass is 9.95. The topological polar surface area (TPSA) is 81.8 Å². The maximum Gasteiger partial charge on any atom is 0.256 e. The van der Waals surface area contributed by atoms with Gasteiger partial charge in [0.2, 0.25) is 11.8 Å². The lowest BCUT2D eigenvalue weighted by molar-refractivity contribution is -0.140. The van der Waals surface area contributed by atoms with Crippen molar-refractivity contribution in [3.8, 4) is 0 Å². The van der Waals surface area contributed by atoms with Gasteiger partial charge in [-0.3, -0.25) is 14.4 Å². The molecule has 0 radical (unpaired) electrons. The molecule has 0 aliphatic carbocycles. The largest absolute Gasteiger partial charge is 0.338 e. The van der Waals surface area contributed by atoms with Crippen LogP contribution in [0.15, 0.2) is 22.7 Å². The highest BCUT2D eigenvalue weighted by atomic mass is 79.9. The predicted molar refractivity (Wildman–Crippen MR) is 99.8 cm³/mol. The molecule has 2 saturated heterocycles. The van der Waals surface area contributed by atoms with Gasteiger partial charge in [0.25, 0.3) is 5.91 Å². The zero-order chi connectivity index (χ0) is 18.3. The summed E-state index contributed by atoms with van der Waals surface area (Å²) in [5.74, 6) is -0.280. The Morgan fingerprint density at radius 2 is 1.92 bits per heavy atom. The molecule has 8 heteroatoms. The van der Waals surface area contributed by atoms with Crippen molar-refractivity contribution in [1.82, 2.24) is 15.1 Å². The Morgan fingerprint density at radius 3 is 2.69 bits per heavy atom. The van der Waals surface area contributed by atoms with Crippen molar-refractivity contribution in [3.63, 3.8) is 0 Å². The molecule has 3 amide bonds. The van der Waals surface area contributed by atoms with Gasteiger partial charge in [0.05, 0.1) is 17.8 Å². The third-order valence-electron chi connectivity index (χ3n) is 5.41. The Bertz CT molecular complexity index is 763. The fourth-order valence-corrected chi connectivity index (χ4v) is 4.31. The van der Waals surface area contributed by atoms with Gasteiger partial charge in [-0.15, -0.1) is 0 Å². The summed E-state index contributed by atoms with van der Waals surface area (Å²) in [7, 11) is 0. The highest BCUT2D eigenvalue weighted by molar-refractivity contribution is 9.10. The van der Waals surface area contributed by atoms with E-state index in [1.54, 1.807) is 28.0 Å². The summed E-state index contributed by atoms with van der Waals surface area (Å²) in [6.45, 7) is 2.81. The van der Waals surface area contributed by atoms with Gasteiger partial charge in [-0.05, 0) is 44.1 Å². The Kier molecular flexibility index (Phi) is 4.71. The van der Waals surface area contributed by atoms with E-state index in [2.05, 4.69) is 26.6 Å². The quantitative estimate of drug-likeness (QED) is 0.711. The highest BCUT2D eigenvalue weighted by Crippen LogP contribution is 2.28. The van der Waals surface area contributed by atoms with Gasteiger partial charge in [-0.1, -0.05) is 15.9 Å². The van der Waals surface area contributed by atoms with Crippen LogP contribution in [0.4, 0.5) is 5.69 Å². The minimum absolute atomic E-state index is 0.0143. The minimum Gasteiger partial charge on any atom is -0.338 e. The van der Waals surface area contributed by atoms with Crippen molar-refractivity contribution in [2.45, 2.75) is 18.9 Å². The molecule has 3 heterocycles. The predicted octanol–water partition coefficient (Wildman–Crippen LogP) is 1.05. The van der Waals surface area contributed by atoms with Gasteiger partial charge in [0.15, 0.2) is 0 Å². The SMILES string of the molecule is O=C1Nc2ccc(Br)cc2C(=O)N2CCN(C(=O)C3CCNCC3)C[C@H]12. The molecule has 0 spiro atoms. The summed E-state index contributed by atoms with van der Waals surface area (Å²) in [5, 5.41) is 6.11. The van der Waals surface area contributed by atoms with Gasteiger partial charge in [-0.25, -0.2) is 0 Å². The van der Waals surface area contributed by atoms with Crippen molar-refractivity contribution in [2.75, 3.05) is 38.0 Å². The van der Waals surface area contributed by atoms with Crippen LogP contribution in [0.5, 0.6) is 0 Å². The van der Waals surface area contributed by atoms with E-state index in [1.165, 1.54) is 0 Å². The Morgan fingerprint density at radius 1 is 1.15 bits per heavy atom. The van der Waals surface area contributed by atoms with Crippen LogP contribution in [-0.4, -0.2) is 66.3 Å². The molecule has 0 bridgehead atoms. The van der Waals surface area contributed by atoms with Crippen LogP contribution in [0.3, 0.4) is 0 Å². The average Bonchev–Trinajstić information content (AvgIpc) is 2.77. The number of anilines is 1. The minimum atomic E-state index is -0.645. The number of amides is 3. The van der Waals surface area contributed by atoms with Crippen molar-refractivity contribution >= 4 is 39.3 Å². The first-order valence-electron chi connectivity index (χ1n) is 8.95. The number of nitrogens with zero attached hydrogens (tertiary/aromatic N) is 2. The van der Waals surface area contributed by atoms with Crippen molar-refractivity contribution in [2.24, 2.45) is 5.92 Å². The average molecular weight is 421 g/mol. The van der Waals surface area contributed by atoms with Crippen LogP contribution in [-0.2, 0) is 9.59 Å². The Balaban J connectivity index is 1.55. The second-order valence-corrected chi connectivity index (χ2v) is 7.92. The van der Waals surface area contributed by atoms with E-state index < -0.39 is 6.04 Å². The first-order valence-corrected chi connectivity index (χ1v) is 9.75. The number of piperazine rings is 1. The number of halogens is 1. The smallest absolute Gasteiger partial charge is 0.256 e. The van der Waals surface area contributed by atoms with E-state index in [-0.39, 0.29) is 30.2 Å². The first kappa shape index (κ1) is 17.5. The Labute approximate surface area is 160 Å². The Hall–Kier alpha value is -1.93. The highest BCUT2D eigenvalue weighted by Gasteiger charge is 2.41. The molecule has 7 nitrogen and oxygen atoms in total. The van der Waals surface area contributed by atoms with Gasteiger partial charge in [-0.2, -0.15) is 0 Å². The molecule has 2 N–H and O–H groups in total. The third-order valence-corrected chi connectivity index (χ3v) is 5.91. The summed E-state index contributed by atoms with van der Waals surface area (Å²) >= 11 is 3.38. The molecule has 1 aromatic rings. The van der Waals surface area contributed by atoms with Gasteiger partial charge in [0.1, 0.15) is 6.04 Å². The second-order valence-electron chi connectivity index (χ2n) is 7.00. The molecule has 3 aliphatic heterocycles. The second kappa shape index (κ2) is 7.00. The van der Waals surface area contributed by atoms with Crippen LogP contribution in [0.25, 0.3) is 0 Å². The number of fused-ring (bicyclic) bond motifs is 2. The number of carbonyl (C=O) groups excluding carboxylic acids is 3. The summed E-state index contributed by atoms with van der Waals surface area (Å²) < 4.78 is 0.789. The fraction of sp³-hybridized carbons (Fsp3) is 0.500. The molecule has 3 aliphatic rings. The van der Waals surface area contributed by atoms with Crippen LogP contribution in [0.1, 0.15) is 23.2 Å². The molecule has 1 aromatic carbocycles. The third kappa shape index (κ3) is 3.12. The summed E-state index contributed by atoms with van der Waals surface area (Å²) in [6, 6.07) is 4.61. The zero-order valence-corrected chi connectivity index (χ0v) is 15.9. The van der Waals surface area contributed by atoms with E-state index >= 15 is 0 Å². The van der Waals surface area contributed by atoms with E-state index in [4.69, 9.17) is 0 Å². The normalized spacial score (nSPS) is 23.8.